The number of halogens is 3. The fourth-order valence-corrected chi connectivity index (χ4v) is 3.27. The first-order valence-electron chi connectivity index (χ1n) is 8.95. The summed E-state index contributed by atoms with van der Waals surface area (Å²) >= 11 is 18.5. The van der Waals surface area contributed by atoms with Gasteiger partial charge in [-0.15, -0.1) is 0 Å². The molecule has 0 aliphatic carbocycles. The molecule has 1 amide bonds. The molecule has 7 heteroatoms. The minimum absolute atomic E-state index is 0.205. The van der Waals surface area contributed by atoms with Crippen LogP contribution in [0.4, 0.5) is 0 Å². The number of aromatic nitrogens is 2. The Kier molecular flexibility index (Phi) is 6.65. The molecule has 4 nitrogen and oxygen atoms in total. The molecule has 1 aromatic heterocycles. The zero-order chi connectivity index (χ0) is 20.3. The van der Waals surface area contributed by atoms with Gasteiger partial charge in [-0.3, -0.25) is 9.48 Å². The number of hydrogen-bond acceptors (Lipinski definition) is 2. The molecule has 28 heavy (non-hydrogen) atoms. The van der Waals surface area contributed by atoms with Crippen LogP contribution < -0.4 is 5.32 Å². The van der Waals surface area contributed by atoms with Crippen molar-refractivity contribution >= 4 is 40.7 Å². The van der Waals surface area contributed by atoms with Gasteiger partial charge in [0.2, 0.25) is 0 Å². The van der Waals surface area contributed by atoms with Crippen LogP contribution in [0.5, 0.6) is 0 Å². The van der Waals surface area contributed by atoms with Gasteiger partial charge in [0.05, 0.1) is 22.3 Å². The second-order valence-corrected chi connectivity index (χ2v) is 7.76. The molecule has 1 heterocycles. The largest absolute Gasteiger partial charge is 0.351 e. The van der Waals surface area contributed by atoms with Crippen LogP contribution in [0, 0.1) is 6.92 Å². The minimum Gasteiger partial charge on any atom is -0.351 e. The van der Waals surface area contributed by atoms with E-state index in [-0.39, 0.29) is 5.91 Å². The van der Waals surface area contributed by atoms with Gasteiger partial charge in [0.15, 0.2) is 5.69 Å². The van der Waals surface area contributed by atoms with E-state index in [1.165, 1.54) is 0 Å². The van der Waals surface area contributed by atoms with Crippen molar-refractivity contribution in [2.45, 2.75) is 26.8 Å². The van der Waals surface area contributed by atoms with E-state index in [9.17, 15) is 4.79 Å². The molecule has 0 bridgehead atoms. The molecule has 2 aromatic carbocycles. The Hall–Kier alpha value is -2.01. The van der Waals surface area contributed by atoms with Crippen molar-refractivity contribution in [2.75, 3.05) is 6.54 Å². The summed E-state index contributed by atoms with van der Waals surface area (Å²) in [7, 11) is 0. The van der Waals surface area contributed by atoms with Crippen molar-refractivity contribution < 1.29 is 4.79 Å². The van der Waals surface area contributed by atoms with E-state index in [2.05, 4.69) is 10.4 Å². The Morgan fingerprint density at radius 3 is 2.50 bits per heavy atom. The molecular weight excluding hydrogens is 417 g/mol. The Morgan fingerprint density at radius 1 is 1.04 bits per heavy atom. The minimum atomic E-state index is -0.205. The zero-order valence-electron chi connectivity index (χ0n) is 15.6. The van der Waals surface area contributed by atoms with Gasteiger partial charge >= 0.3 is 0 Å². The van der Waals surface area contributed by atoms with Gasteiger partial charge in [0.1, 0.15) is 0 Å². The van der Waals surface area contributed by atoms with Crippen LogP contribution in [0.3, 0.4) is 0 Å². The molecule has 0 aliphatic heterocycles. The van der Waals surface area contributed by atoms with Gasteiger partial charge < -0.3 is 5.32 Å². The van der Waals surface area contributed by atoms with Crippen molar-refractivity contribution in [1.29, 1.82) is 0 Å². The SMILES string of the molecule is CCCNC(=O)c1cc(-c2ccc(Cl)c(Cl)c2)n(Cc2ccc(C)c(Cl)c2)n1. The number of carbonyl (C=O) groups excluding carboxylic acids is 1. The quantitative estimate of drug-likeness (QED) is 0.514. The van der Waals surface area contributed by atoms with E-state index in [4.69, 9.17) is 34.8 Å². The highest BCUT2D eigenvalue weighted by Gasteiger charge is 2.16. The Bertz CT molecular complexity index is 1010. The molecule has 0 aliphatic rings. The van der Waals surface area contributed by atoms with Gasteiger partial charge in [0, 0.05) is 17.1 Å². The number of aryl methyl sites for hydroxylation is 1. The third kappa shape index (κ3) is 4.69. The number of carbonyl (C=O) groups is 1. The van der Waals surface area contributed by atoms with Crippen LogP contribution in [0.25, 0.3) is 11.3 Å². The third-order valence-corrected chi connectivity index (χ3v) is 5.48. The van der Waals surface area contributed by atoms with E-state index in [1.54, 1.807) is 22.9 Å². The average Bonchev–Trinajstić information content (AvgIpc) is 3.09. The summed E-state index contributed by atoms with van der Waals surface area (Å²) in [6.45, 7) is 5.02. The Labute approximate surface area is 179 Å². The van der Waals surface area contributed by atoms with Gasteiger partial charge in [-0.25, -0.2) is 0 Å². The van der Waals surface area contributed by atoms with Crippen molar-refractivity contribution in [3.8, 4) is 11.3 Å². The summed E-state index contributed by atoms with van der Waals surface area (Å²) in [5.74, 6) is -0.205. The van der Waals surface area contributed by atoms with E-state index in [0.29, 0.717) is 33.9 Å². The number of benzene rings is 2. The monoisotopic (exact) mass is 435 g/mol. The van der Waals surface area contributed by atoms with Gasteiger partial charge in [-0.2, -0.15) is 5.10 Å². The highest BCUT2D eigenvalue weighted by Crippen LogP contribution is 2.29. The molecule has 0 fully saturated rings. The van der Waals surface area contributed by atoms with Crippen LogP contribution in [0.2, 0.25) is 15.1 Å². The molecule has 146 valence electrons. The van der Waals surface area contributed by atoms with E-state index in [0.717, 1.165) is 28.8 Å². The maximum absolute atomic E-state index is 12.4. The lowest BCUT2D eigenvalue weighted by Gasteiger charge is -2.10. The molecule has 0 saturated heterocycles. The lowest BCUT2D eigenvalue weighted by molar-refractivity contribution is 0.0948. The van der Waals surface area contributed by atoms with Gasteiger partial charge in [-0.05, 0) is 48.7 Å². The van der Waals surface area contributed by atoms with Crippen molar-refractivity contribution in [1.82, 2.24) is 15.1 Å². The number of nitrogens with zero attached hydrogens (tertiary/aromatic N) is 2. The molecule has 0 saturated carbocycles. The van der Waals surface area contributed by atoms with E-state index < -0.39 is 0 Å². The predicted octanol–water partition coefficient (Wildman–Crippen LogP) is 6.01. The number of hydrogen-bond donors (Lipinski definition) is 1. The fourth-order valence-electron chi connectivity index (χ4n) is 2.77. The molecule has 3 aromatic rings. The van der Waals surface area contributed by atoms with E-state index >= 15 is 0 Å². The Morgan fingerprint density at radius 2 is 1.82 bits per heavy atom. The molecule has 3 rings (SSSR count). The predicted molar refractivity (Wildman–Crippen MR) is 116 cm³/mol. The molecule has 0 spiro atoms. The molecule has 1 N–H and O–H groups in total. The highest BCUT2D eigenvalue weighted by molar-refractivity contribution is 6.42. The smallest absolute Gasteiger partial charge is 0.271 e. The van der Waals surface area contributed by atoms with Crippen LogP contribution in [0.15, 0.2) is 42.5 Å². The first-order chi connectivity index (χ1) is 13.4. The standard InChI is InChI=1S/C21H20Cl3N3O/c1-3-8-25-21(28)19-11-20(15-6-7-16(22)18(24)10-15)27(26-19)12-14-5-4-13(2)17(23)9-14/h4-7,9-11H,3,8,12H2,1-2H3,(H,25,28). The number of amides is 1. The first-order valence-corrected chi connectivity index (χ1v) is 10.1. The summed E-state index contributed by atoms with van der Waals surface area (Å²) in [5.41, 5.74) is 3.95. The average molecular weight is 437 g/mol. The summed E-state index contributed by atoms with van der Waals surface area (Å²) in [5, 5.41) is 9.00. The topological polar surface area (TPSA) is 46.9 Å². The van der Waals surface area contributed by atoms with Crippen LogP contribution in [0.1, 0.15) is 35.0 Å². The molecule has 0 atom stereocenters. The summed E-state index contributed by atoms with van der Waals surface area (Å²) in [6, 6.07) is 13.0. The lowest BCUT2D eigenvalue weighted by atomic mass is 10.1. The molecular formula is C21H20Cl3N3O. The lowest BCUT2D eigenvalue weighted by Crippen LogP contribution is -2.24. The number of rotatable bonds is 6. The van der Waals surface area contributed by atoms with Crippen molar-refractivity contribution in [3.63, 3.8) is 0 Å². The first kappa shape index (κ1) is 20.7. The summed E-state index contributed by atoms with van der Waals surface area (Å²) in [6.07, 6.45) is 0.855. The maximum Gasteiger partial charge on any atom is 0.271 e. The fraction of sp³-hybridized carbons (Fsp3) is 0.238. The van der Waals surface area contributed by atoms with Crippen LogP contribution >= 0.6 is 34.8 Å². The van der Waals surface area contributed by atoms with Crippen LogP contribution in [-0.2, 0) is 6.54 Å². The number of nitrogens with one attached hydrogen (secondary N) is 1. The van der Waals surface area contributed by atoms with Gasteiger partial charge in [-0.1, -0.05) is 59.9 Å². The third-order valence-electron chi connectivity index (χ3n) is 4.33. The van der Waals surface area contributed by atoms with Crippen LogP contribution in [-0.4, -0.2) is 22.2 Å². The highest BCUT2D eigenvalue weighted by atomic mass is 35.5. The van der Waals surface area contributed by atoms with E-state index in [1.807, 2.05) is 38.1 Å². The second-order valence-electron chi connectivity index (χ2n) is 6.54. The zero-order valence-corrected chi connectivity index (χ0v) is 17.9. The second kappa shape index (κ2) is 8.99. The molecule has 0 unspecified atom stereocenters. The normalized spacial score (nSPS) is 10.9. The van der Waals surface area contributed by atoms with Crippen molar-refractivity contribution in [2.24, 2.45) is 0 Å². The summed E-state index contributed by atoms with van der Waals surface area (Å²) in [4.78, 5) is 12.4. The molecule has 0 radical (unpaired) electrons. The van der Waals surface area contributed by atoms with Gasteiger partial charge in [0.25, 0.3) is 5.91 Å². The summed E-state index contributed by atoms with van der Waals surface area (Å²) < 4.78 is 1.78. The Balaban J connectivity index is 2.02. The maximum atomic E-state index is 12.4. The van der Waals surface area contributed by atoms with Crippen molar-refractivity contribution in [3.05, 3.63) is 74.4 Å².